The fraction of sp³-hybridized carbons (Fsp3) is 0.273. The van der Waals surface area contributed by atoms with Crippen LogP contribution in [0.3, 0.4) is 0 Å². The van der Waals surface area contributed by atoms with Gasteiger partial charge in [-0.1, -0.05) is 24.3 Å². The van der Waals surface area contributed by atoms with Crippen LogP contribution in [-0.4, -0.2) is 61.0 Å². The van der Waals surface area contributed by atoms with E-state index in [2.05, 4.69) is 15.6 Å². The molecule has 0 saturated carbocycles. The van der Waals surface area contributed by atoms with Crippen LogP contribution >= 0.6 is 0 Å². The molecule has 3 aromatic rings. The average molecular weight is 471 g/mol. The standard InChI is InChI=1S/C22H22N4O6S/c27-17-14-26(33(30,31)21-9-3-4-10-23-21)11-5-7-16(17)25-20(28)13-24-22(29)19-12-15-6-1-2-8-18(15)32-19/h1-4,6,8-10,12,16H,5,7,11,13-14H2,(H,24,29)(H,25,28). The summed E-state index contributed by atoms with van der Waals surface area (Å²) in [5, 5.41) is 5.68. The number of sulfonamides is 1. The fourth-order valence-corrected chi connectivity index (χ4v) is 4.95. The highest BCUT2D eigenvalue weighted by atomic mass is 32.2. The van der Waals surface area contributed by atoms with Crippen LogP contribution in [-0.2, 0) is 19.6 Å². The number of amides is 2. The molecule has 2 aromatic heterocycles. The van der Waals surface area contributed by atoms with E-state index in [4.69, 9.17) is 4.42 Å². The Balaban J connectivity index is 1.33. The van der Waals surface area contributed by atoms with Gasteiger partial charge < -0.3 is 15.1 Å². The molecule has 0 bridgehead atoms. The monoisotopic (exact) mass is 470 g/mol. The van der Waals surface area contributed by atoms with E-state index in [1.807, 2.05) is 6.07 Å². The second-order valence-electron chi connectivity index (χ2n) is 7.57. The Labute approximate surface area is 190 Å². The van der Waals surface area contributed by atoms with Crippen molar-refractivity contribution in [1.82, 2.24) is 19.9 Å². The maximum atomic E-state index is 12.8. The third kappa shape index (κ3) is 5.10. The zero-order valence-electron chi connectivity index (χ0n) is 17.6. The molecule has 1 aliphatic rings. The molecule has 2 N–H and O–H groups in total. The van der Waals surface area contributed by atoms with E-state index in [0.29, 0.717) is 12.0 Å². The first-order valence-corrected chi connectivity index (χ1v) is 11.8. The van der Waals surface area contributed by atoms with Gasteiger partial charge in [0.25, 0.3) is 15.9 Å². The molecule has 11 heteroatoms. The number of carbonyl (C=O) groups excluding carboxylic acids is 3. The van der Waals surface area contributed by atoms with Gasteiger partial charge in [0, 0.05) is 18.1 Å². The van der Waals surface area contributed by atoms with Gasteiger partial charge in [-0.15, -0.1) is 0 Å². The number of carbonyl (C=O) groups is 3. The van der Waals surface area contributed by atoms with Crippen LogP contribution in [0.1, 0.15) is 23.4 Å². The fourth-order valence-electron chi connectivity index (χ4n) is 3.57. The van der Waals surface area contributed by atoms with E-state index in [0.717, 1.165) is 9.69 Å². The maximum Gasteiger partial charge on any atom is 0.287 e. The van der Waals surface area contributed by atoms with Crippen LogP contribution in [0.2, 0.25) is 0 Å². The molecule has 10 nitrogen and oxygen atoms in total. The summed E-state index contributed by atoms with van der Waals surface area (Å²) in [4.78, 5) is 41.1. The van der Waals surface area contributed by atoms with Crippen molar-refractivity contribution in [2.45, 2.75) is 23.9 Å². The number of furan rings is 1. The molecular weight excluding hydrogens is 448 g/mol. The topological polar surface area (TPSA) is 139 Å². The highest BCUT2D eigenvalue weighted by Crippen LogP contribution is 2.19. The summed E-state index contributed by atoms with van der Waals surface area (Å²) in [6.07, 6.45) is 2.04. The first-order valence-electron chi connectivity index (χ1n) is 10.3. The minimum atomic E-state index is -3.91. The largest absolute Gasteiger partial charge is 0.451 e. The van der Waals surface area contributed by atoms with Gasteiger partial charge in [0.1, 0.15) is 5.58 Å². The summed E-state index contributed by atoms with van der Waals surface area (Å²) in [6.45, 7) is -0.579. The second-order valence-corrected chi connectivity index (χ2v) is 9.45. The molecule has 1 saturated heterocycles. The van der Waals surface area contributed by atoms with Crippen LogP contribution in [0.5, 0.6) is 0 Å². The molecule has 3 heterocycles. The normalized spacial score (nSPS) is 17.5. The van der Waals surface area contributed by atoms with Crippen LogP contribution < -0.4 is 10.6 Å². The van der Waals surface area contributed by atoms with Crippen LogP contribution in [0.4, 0.5) is 0 Å². The Morgan fingerprint density at radius 1 is 1.15 bits per heavy atom. The van der Waals surface area contributed by atoms with E-state index in [1.54, 1.807) is 36.4 Å². The van der Waals surface area contributed by atoms with Gasteiger partial charge in [-0.25, -0.2) is 13.4 Å². The molecular formula is C22H22N4O6S. The number of hydrogen-bond donors (Lipinski definition) is 2. The Morgan fingerprint density at radius 2 is 1.94 bits per heavy atom. The second kappa shape index (κ2) is 9.51. The van der Waals surface area contributed by atoms with Gasteiger partial charge >= 0.3 is 0 Å². The Hall–Kier alpha value is -3.57. The van der Waals surface area contributed by atoms with E-state index in [1.165, 1.54) is 12.3 Å². The zero-order chi connectivity index (χ0) is 23.4. The Bertz CT molecular complexity index is 1260. The van der Waals surface area contributed by atoms with Crippen LogP contribution in [0.25, 0.3) is 11.0 Å². The van der Waals surface area contributed by atoms with Gasteiger partial charge in [0.2, 0.25) is 5.91 Å². The minimum Gasteiger partial charge on any atom is -0.451 e. The molecule has 2 amide bonds. The van der Waals surface area contributed by atoms with Gasteiger partial charge in [-0.05, 0) is 37.1 Å². The maximum absolute atomic E-state index is 12.8. The zero-order valence-corrected chi connectivity index (χ0v) is 18.4. The SMILES string of the molecule is O=C(CNC(=O)c1cc2ccccc2o1)NC1CCCN(S(=O)(=O)c2ccccn2)CC1=O. The molecule has 4 rings (SSSR count). The minimum absolute atomic E-state index is 0.0740. The summed E-state index contributed by atoms with van der Waals surface area (Å²) < 4.78 is 32.1. The summed E-state index contributed by atoms with van der Waals surface area (Å²) in [6, 6.07) is 12.4. The third-order valence-corrected chi connectivity index (χ3v) is 7.02. The molecule has 1 atom stereocenters. The molecule has 0 aliphatic carbocycles. The first-order chi connectivity index (χ1) is 15.8. The summed E-state index contributed by atoms with van der Waals surface area (Å²) in [5.74, 6) is -1.46. The highest BCUT2D eigenvalue weighted by molar-refractivity contribution is 7.89. The quantitative estimate of drug-likeness (QED) is 0.550. The number of Topliss-reactive ketones (excluding diaryl/α,β-unsaturated/α-hetero) is 1. The lowest BCUT2D eigenvalue weighted by Crippen LogP contribution is -2.47. The summed E-state index contributed by atoms with van der Waals surface area (Å²) in [7, 11) is -3.91. The smallest absolute Gasteiger partial charge is 0.287 e. The van der Waals surface area contributed by atoms with Crippen LogP contribution in [0.15, 0.2) is 64.2 Å². The molecule has 1 unspecified atom stereocenters. The van der Waals surface area contributed by atoms with Gasteiger partial charge in [-0.3, -0.25) is 14.4 Å². The first kappa shape index (κ1) is 22.6. The van der Waals surface area contributed by atoms with Crippen molar-refractivity contribution < 1.29 is 27.2 Å². The molecule has 172 valence electrons. The van der Waals surface area contributed by atoms with Crippen molar-refractivity contribution in [2.75, 3.05) is 19.6 Å². The number of hydrogen-bond acceptors (Lipinski definition) is 7. The number of para-hydroxylation sites is 1. The van der Waals surface area contributed by atoms with E-state index >= 15 is 0 Å². The van der Waals surface area contributed by atoms with Crippen LogP contribution in [0, 0.1) is 0 Å². The summed E-state index contributed by atoms with van der Waals surface area (Å²) >= 11 is 0. The Kier molecular flexibility index (Phi) is 6.52. The molecule has 1 fully saturated rings. The number of rotatable bonds is 6. The predicted octanol–water partition coefficient (Wildman–Crippen LogP) is 1.10. The van der Waals surface area contributed by atoms with Crippen molar-refractivity contribution in [1.29, 1.82) is 0 Å². The lowest BCUT2D eigenvalue weighted by Gasteiger charge is -2.19. The molecule has 1 aromatic carbocycles. The van der Waals surface area contributed by atoms with Gasteiger partial charge in [-0.2, -0.15) is 4.31 Å². The van der Waals surface area contributed by atoms with Gasteiger partial charge in [0.05, 0.1) is 19.1 Å². The lowest BCUT2D eigenvalue weighted by atomic mass is 10.1. The van der Waals surface area contributed by atoms with E-state index < -0.39 is 33.7 Å². The molecule has 1 aliphatic heterocycles. The Morgan fingerprint density at radius 3 is 2.70 bits per heavy atom. The number of ketones is 1. The van der Waals surface area contributed by atoms with Crippen molar-refractivity contribution in [3.63, 3.8) is 0 Å². The number of benzene rings is 1. The third-order valence-electron chi connectivity index (χ3n) is 5.26. The van der Waals surface area contributed by atoms with Crippen molar-refractivity contribution >= 4 is 38.6 Å². The predicted molar refractivity (Wildman–Crippen MR) is 118 cm³/mol. The molecule has 0 radical (unpaired) electrons. The number of nitrogens with zero attached hydrogens (tertiary/aromatic N) is 2. The average Bonchev–Trinajstić information content (AvgIpc) is 3.17. The number of aromatic nitrogens is 1. The van der Waals surface area contributed by atoms with Crippen molar-refractivity contribution in [3.05, 3.63) is 60.5 Å². The van der Waals surface area contributed by atoms with Crippen molar-refractivity contribution in [2.24, 2.45) is 0 Å². The highest BCUT2D eigenvalue weighted by Gasteiger charge is 2.33. The van der Waals surface area contributed by atoms with E-state index in [-0.39, 0.29) is 36.8 Å². The number of pyridine rings is 1. The molecule has 33 heavy (non-hydrogen) atoms. The lowest BCUT2D eigenvalue weighted by molar-refractivity contribution is -0.127. The number of nitrogens with one attached hydrogen (secondary N) is 2. The molecule has 0 spiro atoms. The summed E-state index contributed by atoms with van der Waals surface area (Å²) in [5.41, 5.74) is 0.557. The van der Waals surface area contributed by atoms with E-state index in [9.17, 15) is 22.8 Å². The number of fused-ring (bicyclic) bond motifs is 1. The van der Waals surface area contributed by atoms with Crippen molar-refractivity contribution in [3.8, 4) is 0 Å². The van der Waals surface area contributed by atoms with Gasteiger partial charge in [0.15, 0.2) is 16.6 Å².